The third-order valence-corrected chi connectivity index (χ3v) is 4.95. The van der Waals surface area contributed by atoms with Crippen molar-refractivity contribution < 1.29 is 13.2 Å². The summed E-state index contributed by atoms with van der Waals surface area (Å²) in [4.78, 5) is 1.15. The Hall–Kier alpha value is -0.0700. The molecule has 1 aromatic heterocycles. The minimum absolute atomic E-state index is 0.00810. The molecule has 2 atom stereocenters. The Morgan fingerprint density at radius 1 is 1.33 bits per heavy atom. The second kappa shape index (κ2) is 5.92. The Balaban J connectivity index is 1.83. The van der Waals surface area contributed by atoms with E-state index < -0.39 is 12.1 Å². The zero-order valence-electron chi connectivity index (χ0n) is 9.77. The van der Waals surface area contributed by atoms with Gasteiger partial charge in [0, 0.05) is 17.5 Å². The van der Waals surface area contributed by atoms with Crippen molar-refractivity contribution in [3.8, 4) is 0 Å². The molecule has 18 heavy (non-hydrogen) atoms. The predicted molar refractivity (Wildman–Crippen MR) is 70.7 cm³/mol. The summed E-state index contributed by atoms with van der Waals surface area (Å²) in [5, 5.41) is 3.24. The van der Waals surface area contributed by atoms with Crippen molar-refractivity contribution in [2.24, 2.45) is 5.92 Å². The summed E-state index contributed by atoms with van der Waals surface area (Å²) in [5.74, 6) is -1.13. The minimum atomic E-state index is -4.04. The molecule has 1 N–H and O–H groups in total. The van der Waals surface area contributed by atoms with Crippen LogP contribution in [0.5, 0.6) is 0 Å². The average Bonchev–Trinajstić information content (AvgIpc) is 2.72. The van der Waals surface area contributed by atoms with Crippen molar-refractivity contribution in [1.29, 1.82) is 0 Å². The summed E-state index contributed by atoms with van der Waals surface area (Å²) in [5.41, 5.74) is 0. The topological polar surface area (TPSA) is 12.0 Å². The fourth-order valence-electron chi connectivity index (χ4n) is 2.36. The highest BCUT2D eigenvalue weighted by Gasteiger charge is 2.41. The van der Waals surface area contributed by atoms with E-state index in [0.29, 0.717) is 13.0 Å². The average molecular weight is 342 g/mol. The third-order valence-electron chi connectivity index (χ3n) is 3.33. The van der Waals surface area contributed by atoms with Gasteiger partial charge in [0.05, 0.1) is 9.70 Å². The number of nitrogens with one attached hydrogen (secondary N) is 1. The van der Waals surface area contributed by atoms with E-state index in [2.05, 4.69) is 21.2 Å². The molecule has 0 aromatic carbocycles. The molecule has 0 radical (unpaired) electrons. The van der Waals surface area contributed by atoms with Gasteiger partial charge in [0.25, 0.3) is 0 Å². The Morgan fingerprint density at radius 3 is 2.72 bits per heavy atom. The van der Waals surface area contributed by atoms with Crippen LogP contribution in [0, 0.1) is 5.92 Å². The lowest BCUT2D eigenvalue weighted by Gasteiger charge is -2.31. The first-order chi connectivity index (χ1) is 8.45. The number of hydrogen-bond donors (Lipinski definition) is 1. The standard InChI is InChI=1S/C12H15BrF3NS/c13-11-5-4-10(18-11)7-17-9-3-1-2-8(6-9)12(14,15)16/h4-5,8-9,17H,1-3,6-7H2. The first-order valence-corrected chi connectivity index (χ1v) is 7.60. The van der Waals surface area contributed by atoms with E-state index in [-0.39, 0.29) is 18.9 Å². The van der Waals surface area contributed by atoms with Crippen LogP contribution in [0.1, 0.15) is 30.6 Å². The van der Waals surface area contributed by atoms with E-state index in [1.807, 2.05) is 12.1 Å². The van der Waals surface area contributed by atoms with Gasteiger partial charge < -0.3 is 5.32 Å². The molecule has 0 aliphatic heterocycles. The van der Waals surface area contributed by atoms with Crippen molar-refractivity contribution in [2.75, 3.05) is 0 Å². The molecular formula is C12H15BrF3NS. The molecule has 6 heteroatoms. The van der Waals surface area contributed by atoms with Gasteiger partial charge in [0.15, 0.2) is 0 Å². The summed E-state index contributed by atoms with van der Waals surface area (Å²) < 4.78 is 39.0. The van der Waals surface area contributed by atoms with Gasteiger partial charge in [0.2, 0.25) is 0 Å². The van der Waals surface area contributed by atoms with Gasteiger partial charge in [-0.1, -0.05) is 6.42 Å². The molecule has 2 rings (SSSR count). The summed E-state index contributed by atoms with van der Waals surface area (Å²) in [6.07, 6.45) is -2.02. The van der Waals surface area contributed by atoms with Gasteiger partial charge in [-0.05, 0) is 47.3 Å². The van der Waals surface area contributed by atoms with Crippen LogP contribution in [0.4, 0.5) is 13.2 Å². The molecule has 1 aliphatic carbocycles. The van der Waals surface area contributed by atoms with Crippen LogP contribution in [-0.4, -0.2) is 12.2 Å². The molecule has 1 fully saturated rings. The lowest BCUT2D eigenvalue weighted by atomic mass is 9.85. The first kappa shape index (κ1) is 14.3. The molecule has 0 saturated heterocycles. The lowest BCUT2D eigenvalue weighted by molar-refractivity contribution is -0.183. The fourth-order valence-corrected chi connectivity index (χ4v) is 3.80. The third kappa shape index (κ3) is 3.96. The van der Waals surface area contributed by atoms with Crippen LogP contribution in [0.3, 0.4) is 0 Å². The zero-order valence-corrected chi connectivity index (χ0v) is 12.2. The van der Waals surface area contributed by atoms with Crippen molar-refractivity contribution in [1.82, 2.24) is 5.32 Å². The smallest absolute Gasteiger partial charge is 0.309 e. The Morgan fingerprint density at radius 2 is 2.11 bits per heavy atom. The summed E-state index contributed by atoms with van der Waals surface area (Å²) >= 11 is 4.99. The molecule has 102 valence electrons. The number of hydrogen-bond acceptors (Lipinski definition) is 2. The molecule has 2 unspecified atom stereocenters. The number of thiophene rings is 1. The SMILES string of the molecule is FC(F)(F)C1CCCC(NCc2ccc(Br)s2)C1. The van der Waals surface area contributed by atoms with Gasteiger partial charge in [-0.15, -0.1) is 11.3 Å². The maximum Gasteiger partial charge on any atom is 0.391 e. The first-order valence-electron chi connectivity index (χ1n) is 5.99. The molecular weight excluding hydrogens is 327 g/mol. The van der Waals surface area contributed by atoms with Crippen LogP contribution in [0.25, 0.3) is 0 Å². The van der Waals surface area contributed by atoms with E-state index >= 15 is 0 Å². The number of rotatable bonds is 3. The van der Waals surface area contributed by atoms with Crippen LogP contribution in [0.15, 0.2) is 15.9 Å². The van der Waals surface area contributed by atoms with Crippen LogP contribution in [-0.2, 0) is 6.54 Å². The Labute approximate surface area is 117 Å². The molecule has 1 saturated carbocycles. The summed E-state index contributed by atoms with van der Waals surface area (Å²) in [7, 11) is 0. The van der Waals surface area contributed by atoms with E-state index in [9.17, 15) is 13.2 Å². The molecule has 1 aromatic rings. The van der Waals surface area contributed by atoms with E-state index in [1.54, 1.807) is 11.3 Å². The Kier molecular flexibility index (Phi) is 4.72. The fraction of sp³-hybridized carbons (Fsp3) is 0.667. The predicted octanol–water partition coefficient (Wildman–Crippen LogP) is 4.72. The highest BCUT2D eigenvalue weighted by molar-refractivity contribution is 9.11. The summed E-state index contributed by atoms with van der Waals surface area (Å²) in [6, 6.07) is 3.94. The van der Waals surface area contributed by atoms with Crippen molar-refractivity contribution in [2.45, 2.75) is 44.4 Å². The highest BCUT2D eigenvalue weighted by Crippen LogP contribution is 2.37. The largest absolute Gasteiger partial charge is 0.391 e. The van der Waals surface area contributed by atoms with E-state index in [4.69, 9.17) is 0 Å². The molecule has 1 heterocycles. The van der Waals surface area contributed by atoms with Crippen molar-refractivity contribution in [3.05, 3.63) is 20.8 Å². The number of halogens is 4. The van der Waals surface area contributed by atoms with Gasteiger partial charge in [-0.2, -0.15) is 13.2 Å². The zero-order chi connectivity index (χ0) is 13.2. The van der Waals surface area contributed by atoms with Gasteiger partial charge in [0.1, 0.15) is 0 Å². The van der Waals surface area contributed by atoms with E-state index in [1.165, 1.54) is 0 Å². The van der Waals surface area contributed by atoms with Gasteiger partial charge >= 0.3 is 6.18 Å². The van der Waals surface area contributed by atoms with Crippen LogP contribution >= 0.6 is 27.3 Å². The van der Waals surface area contributed by atoms with Crippen molar-refractivity contribution >= 4 is 27.3 Å². The quantitative estimate of drug-likeness (QED) is 0.838. The number of alkyl halides is 3. The lowest BCUT2D eigenvalue weighted by Crippen LogP contribution is -2.38. The maximum atomic E-state index is 12.6. The summed E-state index contributed by atoms with van der Waals surface area (Å²) in [6.45, 7) is 0.658. The van der Waals surface area contributed by atoms with Gasteiger partial charge in [-0.3, -0.25) is 0 Å². The molecule has 1 aliphatic rings. The molecule has 0 amide bonds. The molecule has 0 spiro atoms. The monoisotopic (exact) mass is 341 g/mol. The molecule has 0 bridgehead atoms. The maximum absolute atomic E-state index is 12.6. The van der Waals surface area contributed by atoms with Gasteiger partial charge in [-0.25, -0.2) is 0 Å². The minimum Gasteiger partial charge on any atom is -0.309 e. The Bertz CT molecular complexity index is 391. The second-order valence-corrected chi connectivity index (χ2v) is 7.24. The normalized spacial score (nSPS) is 25.3. The van der Waals surface area contributed by atoms with Crippen molar-refractivity contribution in [3.63, 3.8) is 0 Å². The van der Waals surface area contributed by atoms with Crippen LogP contribution < -0.4 is 5.32 Å². The van der Waals surface area contributed by atoms with E-state index in [0.717, 1.165) is 15.1 Å². The highest BCUT2D eigenvalue weighted by atomic mass is 79.9. The van der Waals surface area contributed by atoms with Crippen LogP contribution in [0.2, 0.25) is 0 Å². The second-order valence-electron chi connectivity index (χ2n) is 4.69. The molecule has 1 nitrogen and oxygen atoms in total.